The minimum absolute atomic E-state index is 0.107. The van der Waals surface area contributed by atoms with Crippen molar-refractivity contribution in [3.8, 4) is 0 Å². The fourth-order valence-electron chi connectivity index (χ4n) is 1.80. The normalized spacial score (nSPS) is 11.0. The fourth-order valence-corrected chi connectivity index (χ4v) is 2.75. The lowest BCUT2D eigenvalue weighted by molar-refractivity contribution is -0.113. The topological polar surface area (TPSA) is 108 Å². The first-order valence-electron chi connectivity index (χ1n) is 7.23. The Bertz CT molecular complexity index is 913. The molecule has 1 aromatic carbocycles. The number of aromatic amines is 1. The van der Waals surface area contributed by atoms with Gasteiger partial charge >= 0.3 is 0 Å². The average molecular weight is 411 g/mol. The van der Waals surface area contributed by atoms with Crippen molar-refractivity contribution in [1.29, 1.82) is 0 Å². The van der Waals surface area contributed by atoms with E-state index >= 15 is 0 Å². The van der Waals surface area contributed by atoms with E-state index in [0.717, 1.165) is 11.8 Å². The number of rotatable bonds is 7. The van der Waals surface area contributed by atoms with Crippen LogP contribution in [-0.4, -0.2) is 33.1 Å². The molecule has 0 fully saturated rings. The summed E-state index contributed by atoms with van der Waals surface area (Å²) in [7, 11) is 0. The first-order valence-corrected chi connectivity index (χ1v) is 8.97. The van der Waals surface area contributed by atoms with E-state index in [1.54, 1.807) is 36.6 Å². The van der Waals surface area contributed by atoms with Crippen molar-refractivity contribution in [3.05, 3.63) is 52.4 Å². The number of halogens is 2. The number of H-pyrrole nitrogens is 1. The van der Waals surface area contributed by atoms with Crippen LogP contribution in [0.25, 0.3) is 0 Å². The summed E-state index contributed by atoms with van der Waals surface area (Å²) in [6, 6.07) is 8.53. The number of furan rings is 1. The highest BCUT2D eigenvalue weighted by Gasteiger charge is 2.10. The molecule has 3 aromatic rings. The number of hydrazone groups is 1. The number of carbonyl (C=O) groups excluding carboxylic acids is 1. The molecule has 0 saturated heterocycles. The van der Waals surface area contributed by atoms with Crippen LogP contribution in [0.15, 0.2) is 51.3 Å². The summed E-state index contributed by atoms with van der Waals surface area (Å²) in [6.07, 6.45) is 3.05. The summed E-state index contributed by atoms with van der Waals surface area (Å²) < 4.78 is 5.10. The van der Waals surface area contributed by atoms with Crippen molar-refractivity contribution in [3.63, 3.8) is 0 Å². The van der Waals surface area contributed by atoms with Crippen LogP contribution in [0.5, 0.6) is 0 Å². The van der Waals surface area contributed by atoms with Crippen molar-refractivity contribution < 1.29 is 9.21 Å². The number of carbonyl (C=O) groups is 1. The van der Waals surface area contributed by atoms with Gasteiger partial charge in [-0.25, -0.2) is 10.5 Å². The Balaban J connectivity index is 1.48. The Morgan fingerprint density at radius 2 is 2.23 bits per heavy atom. The molecule has 1 amide bonds. The maximum atomic E-state index is 12.0. The smallest absolute Gasteiger partial charge is 0.240 e. The van der Waals surface area contributed by atoms with Gasteiger partial charge in [0.05, 0.1) is 34.0 Å². The van der Waals surface area contributed by atoms with Gasteiger partial charge in [-0.15, -0.1) is 5.10 Å². The Hall–Kier alpha value is -2.49. The molecule has 8 nitrogen and oxygen atoms in total. The Kier molecular flexibility index (Phi) is 6.16. The van der Waals surface area contributed by atoms with E-state index in [-0.39, 0.29) is 11.7 Å². The average Bonchev–Trinajstić information content (AvgIpc) is 3.29. The molecule has 0 bridgehead atoms. The molecule has 0 spiro atoms. The zero-order valence-corrected chi connectivity index (χ0v) is 15.4. The van der Waals surface area contributed by atoms with Gasteiger partial charge in [-0.1, -0.05) is 41.0 Å². The molecule has 0 saturated carbocycles. The molecule has 0 radical (unpaired) electrons. The number of hydrogen-bond donors (Lipinski definition) is 3. The van der Waals surface area contributed by atoms with Crippen LogP contribution in [0.4, 0.5) is 11.6 Å². The summed E-state index contributed by atoms with van der Waals surface area (Å²) >= 11 is 13.1. The van der Waals surface area contributed by atoms with Gasteiger partial charge in [0.1, 0.15) is 5.76 Å². The number of benzene rings is 1. The summed E-state index contributed by atoms with van der Waals surface area (Å²) in [5.74, 6) is 0.793. The zero-order chi connectivity index (χ0) is 18.4. The molecular formula is C15H12Cl2N6O2S. The molecule has 3 N–H and O–H groups in total. The second-order valence-electron chi connectivity index (χ2n) is 4.79. The lowest BCUT2D eigenvalue weighted by atomic mass is 10.3. The largest absolute Gasteiger partial charge is 0.463 e. The van der Waals surface area contributed by atoms with E-state index in [0.29, 0.717) is 32.6 Å². The van der Waals surface area contributed by atoms with E-state index in [9.17, 15) is 4.79 Å². The number of hydrogen-bond acceptors (Lipinski definition) is 7. The molecular weight excluding hydrogens is 399 g/mol. The predicted octanol–water partition coefficient (Wildman–Crippen LogP) is 3.88. The van der Waals surface area contributed by atoms with Crippen molar-refractivity contribution in [2.45, 2.75) is 5.16 Å². The van der Waals surface area contributed by atoms with E-state index in [4.69, 9.17) is 27.6 Å². The van der Waals surface area contributed by atoms with Gasteiger partial charge in [-0.05, 0) is 24.3 Å². The summed E-state index contributed by atoms with van der Waals surface area (Å²) in [5, 5.41) is 14.4. The van der Waals surface area contributed by atoms with Crippen LogP contribution in [0.2, 0.25) is 10.0 Å². The van der Waals surface area contributed by atoms with Gasteiger partial charge in [-0.3, -0.25) is 4.79 Å². The van der Waals surface area contributed by atoms with E-state index in [1.807, 2.05) is 0 Å². The van der Waals surface area contributed by atoms with Gasteiger partial charge in [0.2, 0.25) is 17.0 Å². The number of nitrogens with zero attached hydrogens (tertiary/aromatic N) is 3. The van der Waals surface area contributed by atoms with Crippen LogP contribution >= 0.6 is 35.0 Å². The molecule has 0 aliphatic rings. The first kappa shape index (κ1) is 18.3. The van der Waals surface area contributed by atoms with Gasteiger partial charge in [-0.2, -0.15) is 10.1 Å². The predicted molar refractivity (Wildman–Crippen MR) is 102 cm³/mol. The van der Waals surface area contributed by atoms with Gasteiger partial charge in [0.15, 0.2) is 0 Å². The third-order valence-electron chi connectivity index (χ3n) is 2.93. The van der Waals surface area contributed by atoms with Gasteiger partial charge in [0.25, 0.3) is 0 Å². The first-order chi connectivity index (χ1) is 12.6. The minimum Gasteiger partial charge on any atom is -0.463 e. The molecule has 2 heterocycles. The van der Waals surface area contributed by atoms with Crippen LogP contribution in [-0.2, 0) is 4.79 Å². The standard InChI is InChI=1S/C15H12Cl2N6O2S/c16-10-4-1-5-11(13(10)17)19-12(24)8-26-15-20-14(22-23-15)21-18-7-9-3-2-6-25-9/h1-7H,8H2,(H,19,24)(H2,20,21,22,23)/b18-7-. The summed E-state index contributed by atoms with van der Waals surface area (Å²) in [5.41, 5.74) is 3.13. The van der Waals surface area contributed by atoms with E-state index in [2.05, 4.69) is 31.0 Å². The number of thioether (sulfide) groups is 1. The van der Waals surface area contributed by atoms with Crippen LogP contribution in [0.1, 0.15) is 5.76 Å². The third-order valence-corrected chi connectivity index (χ3v) is 4.59. The molecule has 0 atom stereocenters. The van der Waals surface area contributed by atoms with Gasteiger partial charge in [0, 0.05) is 0 Å². The fraction of sp³-hybridized carbons (Fsp3) is 0.0667. The number of nitrogens with one attached hydrogen (secondary N) is 3. The van der Waals surface area contributed by atoms with Crippen LogP contribution < -0.4 is 10.7 Å². The molecule has 0 unspecified atom stereocenters. The van der Waals surface area contributed by atoms with Crippen LogP contribution in [0, 0.1) is 0 Å². The highest BCUT2D eigenvalue weighted by atomic mass is 35.5. The molecule has 3 rings (SSSR count). The maximum absolute atomic E-state index is 12.0. The van der Waals surface area contributed by atoms with Crippen molar-refractivity contribution in [2.24, 2.45) is 5.10 Å². The maximum Gasteiger partial charge on any atom is 0.240 e. The SMILES string of the molecule is O=C(CSc1n[nH]c(N/N=C\c2ccco2)n1)Nc1cccc(Cl)c1Cl. The van der Waals surface area contributed by atoms with Gasteiger partial charge < -0.3 is 9.73 Å². The number of amides is 1. The second kappa shape index (κ2) is 8.75. The lowest BCUT2D eigenvalue weighted by Crippen LogP contribution is -2.14. The molecule has 0 aliphatic carbocycles. The summed E-state index contributed by atoms with van der Waals surface area (Å²) in [6.45, 7) is 0. The zero-order valence-electron chi connectivity index (χ0n) is 13.1. The minimum atomic E-state index is -0.255. The molecule has 11 heteroatoms. The highest BCUT2D eigenvalue weighted by molar-refractivity contribution is 7.99. The van der Waals surface area contributed by atoms with E-state index < -0.39 is 0 Å². The molecule has 0 aliphatic heterocycles. The second-order valence-corrected chi connectivity index (χ2v) is 6.52. The molecule has 26 heavy (non-hydrogen) atoms. The molecule has 134 valence electrons. The highest BCUT2D eigenvalue weighted by Crippen LogP contribution is 2.29. The summed E-state index contributed by atoms with van der Waals surface area (Å²) in [4.78, 5) is 16.2. The Labute approximate surface area is 162 Å². The number of anilines is 2. The van der Waals surface area contributed by atoms with Crippen molar-refractivity contribution in [2.75, 3.05) is 16.5 Å². The van der Waals surface area contributed by atoms with Crippen molar-refractivity contribution in [1.82, 2.24) is 15.2 Å². The lowest BCUT2D eigenvalue weighted by Gasteiger charge is -2.07. The Morgan fingerprint density at radius 1 is 1.35 bits per heavy atom. The number of aromatic nitrogens is 3. The van der Waals surface area contributed by atoms with Crippen molar-refractivity contribution >= 4 is 58.7 Å². The Morgan fingerprint density at radius 3 is 3.04 bits per heavy atom. The molecule has 2 aromatic heterocycles. The van der Waals surface area contributed by atoms with Crippen LogP contribution in [0.3, 0.4) is 0 Å². The van der Waals surface area contributed by atoms with E-state index in [1.165, 1.54) is 6.21 Å². The quantitative estimate of drug-likeness (QED) is 0.309. The third kappa shape index (κ3) is 5.01. The monoisotopic (exact) mass is 410 g/mol.